The predicted octanol–water partition coefficient (Wildman–Crippen LogP) is 4.16. The van der Waals surface area contributed by atoms with Crippen molar-refractivity contribution >= 4 is 0 Å². The molecule has 1 N–H and O–H groups in total. The number of piperidine rings is 1. The van der Waals surface area contributed by atoms with Gasteiger partial charge in [-0.1, -0.05) is 37.6 Å². The highest BCUT2D eigenvalue weighted by Gasteiger charge is 2.23. The standard InChI is InChI=1S/C19H32N2/c1-5-17-9-11-18(12-10-17)16(4)21(15(2)3)14-19-8-6-7-13-20-19/h9-12,15-16,19-20H,5-8,13-14H2,1-4H3. The Morgan fingerprint density at radius 1 is 1.14 bits per heavy atom. The first kappa shape index (κ1) is 16.5. The molecule has 0 amide bonds. The second kappa shape index (κ2) is 7.95. The summed E-state index contributed by atoms with van der Waals surface area (Å²) in [7, 11) is 0. The van der Waals surface area contributed by atoms with Crippen molar-refractivity contribution in [3.05, 3.63) is 35.4 Å². The van der Waals surface area contributed by atoms with E-state index in [-0.39, 0.29) is 0 Å². The Morgan fingerprint density at radius 2 is 1.86 bits per heavy atom. The largest absolute Gasteiger partial charge is 0.313 e. The number of nitrogens with one attached hydrogen (secondary N) is 1. The molecule has 1 aromatic carbocycles. The molecule has 0 aliphatic carbocycles. The van der Waals surface area contributed by atoms with Gasteiger partial charge in [-0.25, -0.2) is 0 Å². The Kier molecular flexibility index (Phi) is 6.25. The van der Waals surface area contributed by atoms with Crippen LogP contribution in [0.15, 0.2) is 24.3 Å². The summed E-state index contributed by atoms with van der Waals surface area (Å²) in [5, 5.41) is 3.69. The van der Waals surface area contributed by atoms with Crippen LogP contribution < -0.4 is 5.32 Å². The SMILES string of the molecule is CCc1ccc(C(C)N(CC2CCCCN2)C(C)C)cc1. The molecule has 2 rings (SSSR count). The maximum absolute atomic E-state index is 3.69. The summed E-state index contributed by atoms with van der Waals surface area (Å²) in [4.78, 5) is 2.64. The lowest BCUT2D eigenvalue weighted by Gasteiger charge is -2.37. The highest BCUT2D eigenvalue weighted by atomic mass is 15.2. The molecule has 1 aromatic rings. The molecule has 1 heterocycles. The van der Waals surface area contributed by atoms with Crippen LogP contribution in [0.25, 0.3) is 0 Å². The molecule has 0 radical (unpaired) electrons. The summed E-state index contributed by atoms with van der Waals surface area (Å²) in [6.45, 7) is 11.6. The van der Waals surface area contributed by atoms with Crippen molar-refractivity contribution < 1.29 is 0 Å². The zero-order valence-corrected chi connectivity index (χ0v) is 14.2. The van der Waals surface area contributed by atoms with Gasteiger partial charge >= 0.3 is 0 Å². The Bertz CT molecular complexity index is 404. The molecule has 2 heteroatoms. The molecule has 0 bridgehead atoms. The van der Waals surface area contributed by atoms with E-state index >= 15 is 0 Å². The van der Waals surface area contributed by atoms with Gasteiger partial charge in [-0.05, 0) is 57.7 Å². The quantitative estimate of drug-likeness (QED) is 0.845. The van der Waals surface area contributed by atoms with Crippen molar-refractivity contribution in [1.82, 2.24) is 10.2 Å². The number of rotatable bonds is 6. The topological polar surface area (TPSA) is 15.3 Å². The van der Waals surface area contributed by atoms with Crippen LogP contribution in [0.4, 0.5) is 0 Å². The van der Waals surface area contributed by atoms with E-state index < -0.39 is 0 Å². The molecule has 1 fully saturated rings. The average Bonchev–Trinajstić information content (AvgIpc) is 2.53. The van der Waals surface area contributed by atoms with Crippen LogP contribution >= 0.6 is 0 Å². The molecule has 2 nitrogen and oxygen atoms in total. The number of hydrogen-bond donors (Lipinski definition) is 1. The average molecular weight is 288 g/mol. The second-order valence-electron chi connectivity index (χ2n) is 6.71. The van der Waals surface area contributed by atoms with E-state index in [0.717, 1.165) is 13.0 Å². The van der Waals surface area contributed by atoms with E-state index in [4.69, 9.17) is 0 Å². The molecule has 118 valence electrons. The molecule has 1 aliphatic rings. The fourth-order valence-corrected chi connectivity index (χ4v) is 3.37. The highest BCUT2D eigenvalue weighted by Crippen LogP contribution is 2.24. The van der Waals surface area contributed by atoms with Crippen LogP contribution in [0.2, 0.25) is 0 Å². The zero-order chi connectivity index (χ0) is 15.2. The highest BCUT2D eigenvalue weighted by molar-refractivity contribution is 5.24. The molecule has 2 atom stereocenters. The smallest absolute Gasteiger partial charge is 0.0323 e. The first-order chi connectivity index (χ1) is 10.1. The Labute approximate surface area is 130 Å². The molecule has 2 unspecified atom stereocenters. The fourth-order valence-electron chi connectivity index (χ4n) is 3.37. The number of benzene rings is 1. The summed E-state index contributed by atoms with van der Waals surface area (Å²) in [6, 6.07) is 10.9. The van der Waals surface area contributed by atoms with Crippen LogP contribution in [0.1, 0.15) is 64.1 Å². The lowest BCUT2D eigenvalue weighted by Crippen LogP contribution is -2.46. The molecule has 1 aliphatic heterocycles. The van der Waals surface area contributed by atoms with E-state index in [1.54, 1.807) is 0 Å². The van der Waals surface area contributed by atoms with Crippen molar-refractivity contribution in [1.29, 1.82) is 0 Å². The minimum absolute atomic E-state index is 0.486. The van der Waals surface area contributed by atoms with Gasteiger partial charge in [0.1, 0.15) is 0 Å². The lowest BCUT2D eigenvalue weighted by molar-refractivity contribution is 0.138. The number of aryl methyl sites for hydroxylation is 1. The van der Waals surface area contributed by atoms with Gasteiger partial charge < -0.3 is 5.32 Å². The molecule has 21 heavy (non-hydrogen) atoms. The van der Waals surface area contributed by atoms with Gasteiger partial charge in [0.05, 0.1) is 0 Å². The first-order valence-corrected chi connectivity index (χ1v) is 8.69. The van der Waals surface area contributed by atoms with E-state index in [0.29, 0.717) is 18.1 Å². The van der Waals surface area contributed by atoms with Crippen molar-refractivity contribution in [2.75, 3.05) is 13.1 Å². The van der Waals surface area contributed by atoms with Gasteiger partial charge in [-0.3, -0.25) is 4.90 Å². The zero-order valence-electron chi connectivity index (χ0n) is 14.2. The molecule has 0 saturated carbocycles. The second-order valence-corrected chi connectivity index (χ2v) is 6.71. The van der Waals surface area contributed by atoms with Gasteiger partial charge in [0.2, 0.25) is 0 Å². The normalized spacial score (nSPS) is 21.0. The summed E-state index contributed by atoms with van der Waals surface area (Å²) in [6.07, 6.45) is 5.16. The summed E-state index contributed by atoms with van der Waals surface area (Å²) >= 11 is 0. The van der Waals surface area contributed by atoms with Crippen LogP contribution in [0.5, 0.6) is 0 Å². The van der Waals surface area contributed by atoms with Gasteiger partial charge in [0, 0.05) is 24.7 Å². The van der Waals surface area contributed by atoms with Crippen molar-refractivity contribution in [3.8, 4) is 0 Å². The van der Waals surface area contributed by atoms with Gasteiger partial charge in [0.15, 0.2) is 0 Å². The van der Waals surface area contributed by atoms with Crippen molar-refractivity contribution in [2.24, 2.45) is 0 Å². The first-order valence-electron chi connectivity index (χ1n) is 8.69. The van der Waals surface area contributed by atoms with Crippen LogP contribution in [-0.2, 0) is 6.42 Å². The molecule has 0 spiro atoms. The van der Waals surface area contributed by atoms with E-state index in [9.17, 15) is 0 Å². The summed E-state index contributed by atoms with van der Waals surface area (Å²) in [5.74, 6) is 0. The third-order valence-corrected chi connectivity index (χ3v) is 4.87. The van der Waals surface area contributed by atoms with Crippen molar-refractivity contribution in [2.45, 2.75) is 71.5 Å². The predicted molar refractivity (Wildman–Crippen MR) is 91.7 cm³/mol. The lowest BCUT2D eigenvalue weighted by atomic mass is 9.99. The Hall–Kier alpha value is -0.860. The Balaban J connectivity index is 2.04. The molecular formula is C19H32N2. The summed E-state index contributed by atoms with van der Waals surface area (Å²) < 4.78 is 0. The van der Waals surface area contributed by atoms with Gasteiger partial charge in [0.25, 0.3) is 0 Å². The van der Waals surface area contributed by atoms with Gasteiger partial charge in [-0.15, -0.1) is 0 Å². The van der Waals surface area contributed by atoms with Crippen LogP contribution in [0.3, 0.4) is 0 Å². The third-order valence-electron chi connectivity index (χ3n) is 4.87. The van der Waals surface area contributed by atoms with Gasteiger partial charge in [-0.2, -0.15) is 0 Å². The van der Waals surface area contributed by atoms with Crippen molar-refractivity contribution in [3.63, 3.8) is 0 Å². The van der Waals surface area contributed by atoms with Crippen LogP contribution in [0, 0.1) is 0 Å². The maximum Gasteiger partial charge on any atom is 0.0323 e. The van der Waals surface area contributed by atoms with Crippen LogP contribution in [-0.4, -0.2) is 30.1 Å². The fraction of sp³-hybridized carbons (Fsp3) is 0.684. The minimum Gasteiger partial charge on any atom is -0.313 e. The van der Waals surface area contributed by atoms with E-state index in [1.165, 1.54) is 36.9 Å². The van der Waals surface area contributed by atoms with E-state index in [2.05, 4.69) is 62.2 Å². The third kappa shape index (κ3) is 4.55. The summed E-state index contributed by atoms with van der Waals surface area (Å²) in [5.41, 5.74) is 2.87. The minimum atomic E-state index is 0.486. The van der Waals surface area contributed by atoms with E-state index in [1.807, 2.05) is 0 Å². The number of hydrogen-bond acceptors (Lipinski definition) is 2. The monoisotopic (exact) mass is 288 g/mol. The number of nitrogens with zero attached hydrogens (tertiary/aromatic N) is 1. The Morgan fingerprint density at radius 3 is 2.38 bits per heavy atom. The molecule has 1 saturated heterocycles. The maximum atomic E-state index is 3.69. The molecular weight excluding hydrogens is 256 g/mol. The molecule has 0 aromatic heterocycles.